The van der Waals surface area contributed by atoms with Crippen LogP contribution >= 0.6 is 0 Å². The molecule has 0 saturated heterocycles. The molecule has 18 heavy (non-hydrogen) atoms. The lowest BCUT2D eigenvalue weighted by Gasteiger charge is -2.34. The van der Waals surface area contributed by atoms with E-state index in [0.29, 0.717) is 18.4 Å². The molecule has 1 aromatic heterocycles. The zero-order chi connectivity index (χ0) is 13.2. The predicted octanol–water partition coefficient (Wildman–Crippen LogP) is 0.0296. The largest absolute Gasteiger partial charge is 0.392 e. The van der Waals surface area contributed by atoms with E-state index in [4.69, 9.17) is 9.84 Å². The monoisotopic (exact) mass is 272 g/mol. The summed E-state index contributed by atoms with van der Waals surface area (Å²) in [7, 11) is -1.96. The van der Waals surface area contributed by atoms with Gasteiger partial charge in [-0.15, -0.1) is 0 Å². The van der Waals surface area contributed by atoms with Crippen molar-refractivity contribution in [2.45, 2.75) is 36.6 Å². The van der Waals surface area contributed by atoms with Gasteiger partial charge in [0.2, 0.25) is 0 Å². The smallest absolute Gasteiger partial charge is 0.258 e. The molecule has 0 unspecified atom stereocenters. The molecule has 0 aromatic carbocycles. The van der Waals surface area contributed by atoms with Crippen molar-refractivity contribution >= 4 is 10.0 Å². The minimum Gasteiger partial charge on any atom is -0.392 e. The molecule has 1 heterocycles. The Morgan fingerprint density at radius 1 is 1.50 bits per heavy atom. The Labute approximate surface area is 106 Å². The summed E-state index contributed by atoms with van der Waals surface area (Å²) in [4.78, 5) is 3.83. The number of aromatic nitrogens is 1. The SMILES string of the molecule is COC1CC(NS(=O)(=O)c2ccc(CO)cn2)C1. The number of ether oxygens (including phenoxy) is 1. The van der Waals surface area contributed by atoms with Crippen molar-refractivity contribution in [1.29, 1.82) is 0 Å². The fourth-order valence-corrected chi connectivity index (χ4v) is 2.99. The summed E-state index contributed by atoms with van der Waals surface area (Å²) in [5.41, 5.74) is 0.581. The number of aliphatic hydroxyl groups is 1. The van der Waals surface area contributed by atoms with E-state index in [1.54, 1.807) is 13.2 Å². The Morgan fingerprint density at radius 2 is 2.22 bits per heavy atom. The quantitative estimate of drug-likeness (QED) is 0.789. The lowest BCUT2D eigenvalue weighted by Crippen LogP contribution is -2.47. The molecule has 1 aliphatic carbocycles. The number of nitrogens with one attached hydrogen (secondary N) is 1. The van der Waals surface area contributed by atoms with Crippen LogP contribution in [-0.2, 0) is 21.4 Å². The lowest BCUT2D eigenvalue weighted by molar-refractivity contribution is 0.0236. The molecule has 0 aliphatic heterocycles. The van der Waals surface area contributed by atoms with Crippen molar-refractivity contribution < 1.29 is 18.3 Å². The van der Waals surface area contributed by atoms with Gasteiger partial charge in [0.25, 0.3) is 10.0 Å². The Kier molecular flexibility index (Phi) is 3.96. The van der Waals surface area contributed by atoms with Crippen LogP contribution in [0.25, 0.3) is 0 Å². The average molecular weight is 272 g/mol. The Bertz CT molecular complexity index is 494. The van der Waals surface area contributed by atoms with Crippen LogP contribution in [0.15, 0.2) is 23.4 Å². The van der Waals surface area contributed by atoms with Gasteiger partial charge in [0, 0.05) is 19.3 Å². The van der Waals surface area contributed by atoms with Crippen LogP contribution in [0.1, 0.15) is 18.4 Å². The second-order valence-corrected chi connectivity index (χ2v) is 5.97. The number of rotatable bonds is 5. The maximum Gasteiger partial charge on any atom is 0.258 e. The Morgan fingerprint density at radius 3 is 2.72 bits per heavy atom. The van der Waals surface area contributed by atoms with Crippen molar-refractivity contribution in [3.05, 3.63) is 23.9 Å². The number of nitrogens with zero attached hydrogens (tertiary/aromatic N) is 1. The van der Waals surface area contributed by atoms with Gasteiger partial charge in [0.1, 0.15) is 0 Å². The lowest BCUT2D eigenvalue weighted by atomic mass is 9.90. The highest BCUT2D eigenvalue weighted by atomic mass is 32.2. The third-order valence-electron chi connectivity index (χ3n) is 3.01. The average Bonchev–Trinajstić information content (AvgIpc) is 2.33. The summed E-state index contributed by atoms with van der Waals surface area (Å²) in [6, 6.07) is 2.85. The first kappa shape index (κ1) is 13.4. The van der Waals surface area contributed by atoms with E-state index in [2.05, 4.69) is 9.71 Å². The van der Waals surface area contributed by atoms with Crippen LogP contribution in [0.5, 0.6) is 0 Å². The second kappa shape index (κ2) is 5.31. The molecule has 7 heteroatoms. The highest BCUT2D eigenvalue weighted by Gasteiger charge is 2.33. The number of methoxy groups -OCH3 is 1. The zero-order valence-electron chi connectivity index (χ0n) is 10.0. The van der Waals surface area contributed by atoms with Gasteiger partial charge in [-0.3, -0.25) is 0 Å². The molecule has 100 valence electrons. The van der Waals surface area contributed by atoms with Gasteiger partial charge >= 0.3 is 0 Å². The van der Waals surface area contributed by atoms with Gasteiger partial charge in [0.15, 0.2) is 5.03 Å². The van der Waals surface area contributed by atoms with E-state index < -0.39 is 10.0 Å². The maximum atomic E-state index is 12.0. The molecule has 1 aliphatic rings. The molecular weight excluding hydrogens is 256 g/mol. The van der Waals surface area contributed by atoms with Crippen molar-refractivity contribution in [2.75, 3.05) is 7.11 Å². The molecular formula is C11H16N2O4S. The van der Waals surface area contributed by atoms with Gasteiger partial charge in [-0.2, -0.15) is 0 Å². The zero-order valence-corrected chi connectivity index (χ0v) is 10.9. The predicted molar refractivity (Wildman–Crippen MR) is 64.3 cm³/mol. The molecule has 0 radical (unpaired) electrons. The van der Waals surface area contributed by atoms with E-state index in [1.165, 1.54) is 12.3 Å². The summed E-state index contributed by atoms with van der Waals surface area (Å²) in [5.74, 6) is 0. The Balaban J connectivity index is 2.02. The summed E-state index contributed by atoms with van der Waals surface area (Å²) in [6.45, 7) is -0.154. The van der Waals surface area contributed by atoms with Crippen LogP contribution in [0.3, 0.4) is 0 Å². The molecule has 0 atom stereocenters. The van der Waals surface area contributed by atoms with Crippen molar-refractivity contribution in [3.8, 4) is 0 Å². The van der Waals surface area contributed by atoms with E-state index in [1.807, 2.05) is 0 Å². The topological polar surface area (TPSA) is 88.5 Å². The Hall–Kier alpha value is -1.02. The van der Waals surface area contributed by atoms with Gasteiger partial charge in [-0.05, 0) is 24.5 Å². The van der Waals surface area contributed by atoms with Crippen LogP contribution in [0.4, 0.5) is 0 Å². The van der Waals surface area contributed by atoms with Crippen LogP contribution in [0.2, 0.25) is 0 Å². The number of pyridine rings is 1. The van der Waals surface area contributed by atoms with Crippen LogP contribution < -0.4 is 4.72 Å². The minimum absolute atomic E-state index is 0.0273. The van der Waals surface area contributed by atoms with Crippen LogP contribution in [0, 0.1) is 0 Å². The standard InChI is InChI=1S/C11H16N2O4S/c1-17-10-4-9(5-10)13-18(15,16)11-3-2-8(7-14)6-12-11/h2-3,6,9-10,13-14H,4-5,7H2,1H3. The fraction of sp³-hybridized carbons (Fsp3) is 0.545. The molecule has 0 bridgehead atoms. The molecule has 0 amide bonds. The summed E-state index contributed by atoms with van der Waals surface area (Å²) >= 11 is 0. The van der Waals surface area contributed by atoms with Gasteiger partial charge in [-0.25, -0.2) is 18.1 Å². The van der Waals surface area contributed by atoms with E-state index >= 15 is 0 Å². The highest BCUT2D eigenvalue weighted by Crippen LogP contribution is 2.24. The number of sulfonamides is 1. The molecule has 6 nitrogen and oxygen atoms in total. The van der Waals surface area contributed by atoms with E-state index in [-0.39, 0.29) is 23.8 Å². The maximum absolute atomic E-state index is 12.0. The molecule has 1 fully saturated rings. The third-order valence-corrected chi connectivity index (χ3v) is 4.44. The molecule has 2 N–H and O–H groups in total. The first-order chi connectivity index (χ1) is 8.55. The van der Waals surface area contributed by atoms with E-state index in [9.17, 15) is 8.42 Å². The third kappa shape index (κ3) is 2.86. The number of hydrogen-bond donors (Lipinski definition) is 2. The normalized spacial score (nSPS) is 23.7. The van der Waals surface area contributed by atoms with E-state index in [0.717, 1.165) is 0 Å². The fourth-order valence-electron chi connectivity index (χ4n) is 1.80. The first-order valence-corrected chi connectivity index (χ1v) is 7.14. The highest BCUT2D eigenvalue weighted by molar-refractivity contribution is 7.89. The number of aliphatic hydroxyl groups excluding tert-OH is 1. The van der Waals surface area contributed by atoms with Gasteiger partial charge in [0.05, 0.1) is 12.7 Å². The van der Waals surface area contributed by atoms with Gasteiger partial charge < -0.3 is 9.84 Å². The molecule has 2 rings (SSSR count). The second-order valence-electron chi connectivity index (χ2n) is 4.31. The number of hydrogen-bond acceptors (Lipinski definition) is 5. The van der Waals surface area contributed by atoms with Crippen molar-refractivity contribution in [3.63, 3.8) is 0 Å². The molecule has 1 saturated carbocycles. The summed E-state index contributed by atoms with van der Waals surface area (Å²) in [5, 5.41) is 8.83. The molecule has 0 spiro atoms. The van der Waals surface area contributed by atoms with Gasteiger partial charge in [-0.1, -0.05) is 6.07 Å². The van der Waals surface area contributed by atoms with Crippen molar-refractivity contribution in [2.24, 2.45) is 0 Å². The summed E-state index contributed by atoms with van der Waals surface area (Å²) in [6.07, 6.45) is 2.87. The first-order valence-electron chi connectivity index (χ1n) is 5.66. The molecule has 1 aromatic rings. The van der Waals surface area contributed by atoms with Crippen LogP contribution in [-0.4, -0.2) is 37.8 Å². The van der Waals surface area contributed by atoms with Crippen molar-refractivity contribution in [1.82, 2.24) is 9.71 Å². The summed E-state index contributed by atoms with van der Waals surface area (Å²) < 4.78 is 31.6. The minimum atomic E-state index is -3.58.